The Morgan fingerprint density at radius 1 is 0.974 bits per heavy atom. The number of nitrogens with zero attached hydrogens (tertiary/aromatic N) is 6. The van der Waals surface area contributed by atoms with E-state index in [9.17, 15) is 29.1 Å². The van der Waals surface area contributed by atoms with Crippen molar-refractivity contribution >= 4 is 108 Å². The Morgan fingerprint density at radius 3 is 2.40 bits per heavy atom. The molecule has 17 nitrogen and oxygen atoms in total. The van der Waals surface area contributed by atoms with Gasteiger partial charge in [0.15, 0.2) is 0 Å². The zero-order chi connectivity index (χ0) is 52.1. The summed E-state index contributed by atoms with van der Waals surface area (Å²) >= 11 is 0. The molecule has 5 atom stereocenters. The number of carbonyl (C=O) groups excluding carboxylic acids is 5. The molecular formula is C56H84N8O9S5. The number of phenols is 1. The molecule has 8 rings (SSSR count). The number of esters is 1. The van der Waals surface area contributed by atoms with Gasteiger partial charge in [0.25, 0.3) is 5.91 Å². The van der Waals surface area contributed by atoms with Crippen molar-refractivity contribution in [3.05, 3.63) is 83.7 Å². The number of nitrogens with one attached hydrogen (secondary N) is 2. The van der Waals surface area contributed by atoms with E-state index in [0.29, 0.717) is 69.7 Å². The van der Waals surface area contributed by atoms with Gasteiger partial charge in [0.1, 0.15) is 23.9 Å². The average molecular weight is 1170 g/mol. The number of methoxy groups -OCH3 is 1. The maximum absolute atomic E-state index is 14.8. The fourth-order valence-corrected chi connectivity index (χ4v) is 11.0. The maximum atomic E-state index is 14.8. The van der Waals surface area contributed by atoms with E-state index in [0.717, 1.165) is 52.1 Å². The second-order valence-electron chi connectivity index (χ2n) is 21.3. The Balaban J connectivity index is 0.00000320. The van der Waals surface area contributed by atoms with E-state index in [4.69, 9.17) is 19.2 Å². The van der Waals surface area contributed by atoms with Crippen LogP contribution >= 0.6 is 67.5 Å². The van der Waals surface area contributed by atoms with E-state index < -0.39 is 47.2 Å². The smallest absolute Gasteiger partial charge is 0.324 e. The van der Waals surface area contributed by atoms with Crippen LogP contribution in [0, 0.1) is 17.3 Å². The van der Waals surface area contributed by atoms with E-state index in [1.54, 1.807) is 43.5 Å². The molecule has 2 aromatic carbocycles. The first-order valence-corrected chi connectivity index (χ1v) is 26.0. The molecule has 3 fully saturated rings. The average Bonchev–Trinajstić information content (AvgIpc) is 4.00. The highest BCUT2D eigenvalue weighted by molar-refractivity contribution is 7.60. The number of aryl methyl sites for hydroxylation is 1. The Hall–Kier alpha value is -4.39. The molecular weight excluding hydrogens is 1090 g/mol. The molecule has 6 heterocycles. The van der Waals surface area contributed by atoms with Crippen molar-refractivity contribution in [3.63, 3.8) is 0 Å². The van der Waals surface area contributed by atoms with Gasteiger partial charge >= 0.3 is 5.97 Å². The van der Waals surface area contributed by atoms with E-state index in [-0.39, 0.29) is 123 Å². The summed E-state index contributed by atoms with van der Waals surface area (Å²) in [6.45, 7) is 17.2. The number of morpholine rings is 1. The lowest BCUT2D eigenvalue weighted by molar-refractivity contribution is -0.155. The maximum Gasteiger partial charge on any atom is 0.324 e. The number of hydrogen-bond donors (Lipinski definition) is 3. The number of pyridine rings is 1. The molecule has 22 heteroatoms. The zero-order valence-electron chi connectivity index (χ0n) is 46.3. The first kappa shape index (κ1) is 67.9. The molecule has 4 aromatic rings. The Kier molecular flexibility index (Phi) is 26.0. The summed E-state index contributed by atoms with van der Waals surface area (Å²) in [6.07, 6.45) is 6.84. The van der Waals surface area contributed by atoms with Gasteiger partial charge in [-0.15, -0.1) is 0 Å². The van der Waals surface area contributed by atoms with Gasteiger partial charge in [0.2, 0.25) is 17.7 Å². The van der Waals surface area contributed by atoms with Gasteiger partial charge in [-0.2, -0.15) is 67.5 Å². The standard InChI is InChI=1S/C56H74N8O9.5H2S/c1-9-63-47-17-16-38-31-43(47)44(51(63)42-13-10-19-57-49(42)36(4)71-8)32-56(5,6)34-73-55(70)45-14-11-21-64(59-45)54(69)46(29-37-27-40(38)30-41(65)28-37)58-52(67)50(35(2)3)60(7)53(68)39-18-22-62(33-39)48(66)15-12-20-61-23-25-72-26-24-61;;;;;/h10,12-13,15-17,19,27-28,30-31,35-36,39,45-46,50,59,65H,9,11,14,18,20-26,29,32-34H2,1-8H3,(H,58,67);5*1H2/b15-12+;;;;;/t36-,39-,45-,46-,50-;;;;;/m0...../s1. The minimum atomic E-state index is -1.17. The van der Waals surface area contributed by atoms with Crippen molar-refractivity contribution in [1.29, 1.82) is 0 Å². The summed E-state index contributed by atoms with van der Waals surface area (Å²) < 4.78 is 19.7. The molecule has 2 aromatic heterocycles. The molecule has 4 aliphatic rings. The molecule has 4 aliphatic heterocycles. The number of hydrogen-bond acceptors (Lipinski definition) is 12. The quantitative estimate of drug-likeness (QED) is 0.107. The van der Waals surface area contributed by atoms with Gasteiger partial charge in [-0.1, -0.05) is 45.9 Å². The van der Waals surface area contributed by atoms with Gasteiger partial charge < -0.3 is 39.0 Å². The summed E-state index contributed by atoms with van der Waals surface area (Å²) in [5.74, 6) is -2.77. The molecule has 432 valence electrons. The van der Waals surface area contributed by atoms with Crippen molar-refractivity contribution < 1.29 is 43.3 Å². The number of fused-ring (bicyclic) bond motifs is 6. The van der Waals surface area contributed by atoms with Crippen LogP contribution in [-0.2, 0) is 57.6 Å². The van der Waals surface area contributed by atoms with Crippen LogP contribution in [0.2, 0.25) is 0 Å². The van der Waals surface area contributed by atoms with Crippen molar-refractivity contribution in [2.24, 2.45) is 17.3 Å². The number of carbonyl (C=O) groups is 5. The van der Waals surface area contributed by atoms with Crippen molar-refractivity contribution in [3.8, 4) is 28.1 Å². The van der Waals surface area contributed by atoms with Crippen molar-refractivity contribution in [2.45, 2.75) is 104 Å². The van der Waals surface area contributed by atoms with Gasteiger partial charge in [-0.3, -0.25) is 38.9 Å². The number of phenolic OH excluding ortho intramolecular Hbond substituents is 1. The van der Waals surface area contributed by atoms with E-state index in [1.807, 2.05) is 45.0 Å². The monoisotopic (exact) mass is 1170 g/mol. The minimum Gasteiger partial charge on any atom is -0.508 e. The first-order valence-electron chi connectivity index (χ1n) is 26.0. The zero-order valence-corrected chi connectivity index (χ0v) is 51.3. The van der Waals surface area contributed by atoms with Crippen LogP contribution in [0.4, 0.5) is 0 Å². The second kappa shape index (κ2) is 29.9. The third-order valence-corrected chi connectivity index (χ3v) is 14.9. The van der Waals surface area contributed by atoms with Crippen LogP contribution in [0.15, 0.2) is 66.9 Å². The molecule has 0 unspecified atom stereocenters. The van der Waals surface area contributed by atoms with Crippen LogP contribution in [0.5, 0.6) is 5.75 Å². The van der Waals surface area contributed by atoms with Crippen LogP contribution in [0.3, 0.4) is 0 Å². The molecule has 3 saturated heterocycles. The SMILES string of the molecule is CCn1c(-c2cccnc2[C@H](C)OC)c2c3cc(ccc31)-c1cc(O)cc(c1)C[C@H](NC(=O)[C@H](C(C)C)N(C)C(=O)[C@H]1CCN(C(=O)/C=C/CN3CCOCC3)C1)C(=O)N1CCC[C@H](N1)C(=O)OCC(C)(C)C2.S.S.S.S.S. The van der Waals surface area contributed by atoms with E-state index in [1.165, 1.54) is 9.91 Å². The normalized spacial score (nSPS) is 20.4. The van der Waals surface area contributed by atoms with Gasteiger partial charge in [0.05, 0.1) is 43.2 Å². The molecule has 4 amide bonds. The van der Waals surface area contributed by atoms with Crippen molar-refractivity contribution in [1.82, 2.24) is 40.0 Å². The van der Waals surface area contributed by atoms with Gasteiger partial charge in [-0.25, -0.2) is 5.43 Å². The van der Waals surface area contributed by atoms with Crippen LogP contribution in [0.1, 0.15) is 83.7 Å². The summed E-state index contributed by atoms with van der Waals surface area (Å²) in [5, 5.41) is 16.8. The first-order chi connectivity index (χ1) is 35.0. The Bertz CT molecular complexity index is 2740. The van der Waals surface area contributed by atoms with Crippen molar-refractivity contribution in [2.75, 3.05) is 73.2 Å². The molecule has 6 bridgehead atoms. The fourth-order valence-electron chi connectivity index (χ4n) is 11.0. The number of likely N-dealkylation sites (N-methyl/N-ethyl adjacent to an activating group) is 1. The largest absolute Gasteiger partial charge is 0.508 e. The number of ether oxygens (including phenoxy) is 3. The summed E-state index contributed by atoms with van der Waals surface area (Å²) in [5.41, 5.74) is 9.54. The van der Waals surface area contributed by atoms with Crippen LogP contribution in [-0.4, -0.2) is 155 Å². The lowest BCUT2D eigenvalue weighted by Gasteiger charge is -2.37. The summed E-state index contributed by atoms with van der Waals surface area (Å²) in [6, 6.07) is 12.5. The minimum absolute atomic E-state index is 0. The molecule has 0 saturated carbocycles. The number of likely N-dealkylation sites (tertiary alicyclic amines) is 1. The topological polar surface area (TPSA) is 188 Å². The molecule has 78 heavy (non-hydrogen) atoms. The van der Waals surface area contributed by atoms with Crippen LogP contribution < -0.4 is 10.7 Å². The fraction of sp³-hybridized carbons (Fsp3) is 0.536. The highest BCUT2D eigenvalue weighted by atomic mass is 32.1. The molecule has 0 aliphatic carbocycles. The number of cyclic esters (lactones) is 1. The van der Waals surface area contributed by atoms with Crippen LogP contribution in [0.25, 0.3) is 33.3 Å². The predicted octanol–water partition coefficient (Wildman–Crippen LogP) is 6.24. The molecule has 0 spiro atoms. The number of hydrazine groups is 1. The Morgan fingerprint density at radius 2 is 1.71 bits per heavy atom. The lowest BCUT2D eigenvalue weighted by atomic mass is 9.84. The number of rotatable bonds is 12. The highest BCUT2D eigenvalue weighted by Gasteiger charge is 2.40. The number of aromatic hydroxyl groups is 1. The molecule has 3 N–H and O–H groups in total. The van der Waals surface area contributed by atoms with E-state index >= 15 is 0 Å². The predicted molar refractivity (Wildman–Crippen MR) is 330 cm³/mol. The number of aromatic nitrogens is 2. The van der Waals surface area contributed by atoms with E-state index in [2.05, 4.69) is 59.2 Å². The third kappa shape index (κ3) is 15.5. The lowest BCUT2D eigenvalue weighted by Crippen LogP contribution is -2.62. The third-order valence-electron chi connectivity index (χ3n) is 14.9. The van der Waals surface area contributed by atoms with Gasteiger partial charge in [-0.05, 0) is 104 Å². The highest BCUT2D eigenvalue weighted by Crippen LogP contribution is 2.42. The number of benzene rings is 2. The number of amides is 4. The summed E-state index contributed by atoms with van der Waals surface area (Å²) in [7, 11) is 3.28. The van der Waals surface area contributed by atoms with Gasteiger partial charge in [0, 0.05) is 101 Å². The Labute approximate surface area is 495 Å². The molecule has 0 radical (unpaired) electrons. The second-order valence-corrected chi connectivity index (χ2v) is 21.3. The summed E-state index contributed by atoms with van der Waals surface area (Å²) in [4.78, 5) is 81.1.